The predicted molar refractivity (Wildman–Crippen MR) is 107 cm³/mol. The molecule has 3 nitrogen and oxygen atoms in total. The summed E-state index contributed by atoms with van der Waals surface area (Å²) in [6.45, 7) is 7.04. The molecule has 0 radical (unpaired) electrons. The minimum Gasteiger partial charge on any atom is -0.353 e. The molecule has 2 heterocycles. The number of thiazole rings is 1. The number of aromatic nitrogens is 1. The van der Waals surface area contributed by atoms with Crippen LogP contribution in [0.1, 0.15) is 58.6 Å². The van der Waals surface area contributed by atoms with E-state index in [0.717, 1.165) is 29.5 Å². The highest BCUT2D eigenvalue weighted by Gasteiger charge is 2.32. The van der Waals surface area contributed by atoms with Gasteiger partial charge >= 0.3 is 0 Å². The van der Waals surface area contributed by atoms with E-state index in [9.17, 15) is 4.79 Å². The Hall–Kier alpha value is -1.20. The fraction of sp³-hybridized carbons (Fsp3) is 0.600. The normalized spacial score (nSPS) is 21.2. The van der Waals surface area contributed by atoms with E-state index in [1.54, 1.807) is 22.7 Å². The van der Waals surface area contributed by atoms with Crippen molar-refractivity contribution in [1.29, 1.82) is 0 Å². The van der Waals surface area contributed by atoms with Crippen LogP contribution in [0.4, 0.5) is 0 Å². The van der Waals surface area contributed by atoms with E-state index in [1.807, 2.05) is 11.4 Å². The summed E-state index contributed by atoms with van der Waals surface area (Å²) in [6, 6.07) is 4.44. The first kappa shape index (κ1) is 18.6. The van der Waals surface area contributed by atoms with Gasteiger partial charge in [-0.3, -0.25) is 4.79 Å². The molecule has 136 valence electrons. The number of carbonyl (C=O) groups is 1. The van der Waals surface area contributed by atoms with Gasteiger partial charge in [-0.1, -0.05) is 33.3 Å². The maximum absolute atomic E-state index is 12.4. The van der Waals surface area contributed by atoms with Crippen LogP contribution in [-0.4, -0.2) is 16.9 Å². The summed E-state index contributed by atoms with van der Waals surface area (Å²) in [7, 11) is 0. The van der Waals surface area contributed by atoms with Gasteiger partial charge in [0.15, 0.2) is 0 Å². The molecule has 0 bridgehead atoms. The lowest BCUT2D eigenvalue weighted by Crippen LogP contribution is -2.40. The van der Waals surface area contributed by atoms with Crippen molar-refractivity contribution < 1.29 is 4.79 Å². The Morgan fingerprint density at radius 2 is 2.04 bits per heavy atom. The zero-order valence-corrected chi connectivity index (χ0v) is 17.0. The maximum Gasteiger partial charge on any atom is 0.226 e. The molecule has 0 aromatic carbocycles. The van der Waals surface area contributed by atoms with E-state index in [4.69, 9.17) is 0 Å². The van der Waals surface area contributed by atoms with Gasteiger partial charge in [-0.2, -0.15) is 0 Å². The standard InChI is InChI=1S/C20H28N2OS2/c1-4-20(2,3)14-7-9-15(10-8-14)21-18(23)12-16-13-25-19(22-16)17-6-5-11-24-17/h5-6,11,13-15H,4,7-10,12H2,1-3H3,(H,21,23). The highest BCUT2D eigenvalue weighted by Crippen LogP contribution is 2.40. The van der Waals surface area contributed by atoms with Gasteiger partial charge in [0.25, 0.3) is 0 Å². The van der Waals surface area contributed by atoms with Crippen molar-refractivity contribution in [1.82, 2.24) is 10.3 Å². The van der Waals surface area contributed by atoms with Crippen LogP contribution < -0.4 is 5.32 Å². The molecular weight excluding hydrogens is 348 g/mol. The number of hydrogen-bond acceptors (Lipinski definition) is 4. The molecule has 0 aliphatic heterocycles. The summed E-state index contributed by atoms with van der Waals surface area (Å²) in [6.07, 6.45) is 6.29. The van der Waals surface area contributed by atoms with Crippen molar-refractivity contribution in [3.63, 3.8) is 0 Å². The highest BCUT2D eigenvalue weighted by atomic mass is 32.1. The molecule has 1 N–H and O–H groups in total. The number of nitrogens with one attached hydrogen (secondary N) is 1. The van der Waals surface area contributed by atoms with Gasteiger partial charge in [-0.05, 0) is 48.5 Å². The second-order valence-electron chi connectivity index (χ2n) is 7.76. The fourth-order valence-corrected chi connectivity index (χ4v) is 5.29. The summed E-state index contributed by atoms with van der Waals surface area (Å²) >= 11 is 3.31. The molecule has 25 heavy (non-hydrogen) atoms. The molecule has 0 unspecified atom stereocenters. The Morgan fingerprint density at radius 3 is 2.68 bits per heavy atom. The Balaban J connectivity index is 1.47. The number of hydrogen-bond donors (Lipinski definition) is 1. The van der Waals surface area contributed by atoms with Gasteiger partial charge in [-0.15, -0.1) is 22.7 Å². The SMILES string of the molecule is CCC(C)(C)C1CCC(NC(=O)Cc2csc(-c3cccs3)n2)CC1. The molecule has 0 atom stereocenters. The highest BCUT2D eigenvalue weighted by molar-refractivity contribution is 7.20. The first-order valence-electron chi connectivity index (χ1n) is 9.25. The van der Waals surface area contributed by atoms with Crippen molar-refractivity contribution in [2.75, 3.05) is 0 Å². The van der Waals surface area contributed by atoms with E-state index in [2.05, 4.69) is 42.5 Å². The third-order valence-electron chi connectivity index (χ3n) is 5.73. The molecule has 1 saturated carbocycles. The molecule has 1 aliphatic carbocycles. The number of nitrogens with zero attached hydrogens (tertiary/aromatic N) is 1. The second kappa shape index (κ2) is 8.00. The lowest BCUT2D eigenvalue weighted by molar-refractivity contribution is -0.121. The first-order valence-corrected chi connectivity index (χ1v) is 11.0. The van der Waals surface area contributed by atoms with Crippen LogP contribution in [0.2, 0.25) is 0 Å². The van der Waals surface area contributed by atoms with Crippen LogP contribution >= 0.6 is 22.7 Å². The maximum atomic E-state index is 12.4. The summed E-state index contributed by atoms with van der Waals surface area (Å²) in [5.41, 5.74) is 1.31. The molecular formula is C20H28N2OS2. The number of rotatable bonds is 6. The summed E-state index contributed by atoms with van der Waals surface area (Å²) in [5, 5.41) is 8.31. The van der Waals surface area contributed by atoms with Crippen LogP contribution in [0.5, 0.6) is 0 Å². The van der Waals surface area contributed by atoms with Crippen LogP contribution in [-0.2, 0) is 11.2 Å². The molecule has 2 aromatic rings. The van der Waals surface area contributed by atoms with Crippen molar-refractivity contribution in [2.24, 2.45) is 11.3 Å². The van der Waals surface area contributed by atoms with Gasteiger partial charge in [0.2, 0.25) is 5.91 Å². The Labute approximate surface area is 158 Å². The molecule has 3 rings (SSSR count). The molecule has 1 fully saturated rings. The van der Waals surface area contributed by atoms with Crippen LogP contribution in [0.15, 0.2) is 22.9 Å². The molecule has 1 aliphatic rings. The predicted octanol–water partition coefficient (Wildman–Crippen LogP) is 5.53. The average molecular weight is 377 g/mol. The average Bonchev–Trinajstić information content (AvgIpc) is 3.26. The number of carbonyl (C=O) groups excluding carboxylic acids is 1. The summed E-state index contributed by atoms with van der Waals surface area (Å²) in [5.74, 6) is 0.902. The van der Waals surface area contributed by atoms with E-state index in [0.29, 0.717) is 17.9 Å². The Morgan fingerprint density at radius 1 is 1.28 bits per heavy atom. The molecule has 0 spiro atoms. The quantitative estimate of drug-likeness (QED) is 0.720. The lowest BCUT2D eigenvalue weighted by atomic mass is 9.69. The largest absolute Gasteiger partial charge is 0.353 e. The Bertz CT molecular complexity index is 682. The van der Waals surface area contributed by atoms with E-state index in [1.165, 1.54) is 24.1 Å². The minimum absolute atomic E-state index is 0.112. The van der Waals surface area contributed by atoms with Crippen molar-refractivity contribution in [3.8, 4) is 9.88 Å². The van der Waals surface area contributed by atoms with E-state index < -0.39 is 0 Å². The van der Waals surface area contributed by atoms with Gasteiger partial charge in [0.1, 0.15) is 5.01 Å². The zero-order valence-electron chi connectivity index (χ0n) is 15.4. The smallest absolute Gasteiger partial charge is 0.226 e. The molecule has 2 aromatic heterocycles. The molecule has 0 saturated heterocycles. The van der Waals surface area contributed by atoms with Gasteiger partial charge in [0, 0.05) is 11.4 Å². The zero-order chi connectivity index (χ0) is 17.9. The van der Waals surface area contributed by atoms with Crippen molar-refractivity contribution in [2.45, 2.75) is 65.3 Å². The van der Waals surface area contributed by atoms with Gasteiger partial charge in [-0.25, -0.2) is 4.98 Å². The monoisotopic (exact) mass is 376 g/mol. The fourth-order valence-electron chi connectivity index (χ4n) is 3.65. The Kier molecular flexibility index (Phi) is 5.95. The van der Waals surface area contributed by atoms with Gasteiger partial charge < -0.3 is 5.32 Å². The second-order valence-corrected chi connectivity index (χ2v) is 9.56. The lowest BCUT2D eigenvalue weighted by Gasteiger charge is -2.39. The number of amides is 1. The van der Waals surface area contributed by atoms with Gasteiger partial charge in [0.05, 0.1) is 17.0 Å². The molecule has 1 amide bonds. The van der Waals surface area contributed by atoms with Crippen molar-refractivity contribution >= 4 is 28.6 Å². The minimum atomic E-state index is 0.112. The van der Waals surface area contributed by atoms with Crippen molar-refractivity contribution in [3.05, 3.63) is 28.6 Å². The third kappa shape index (κ3) is 4.70. The van der Waals surface area contributed by atoms with Crippen LogP contribution in [0, 0.1) is 11.3 Å². The summed E-state index contributed by atoms with van der Waals surface area (Å²) in [4.78, 5) is 18.2. The third-order valence-corrected chi connectivity index (χ3v) is 7.66. The summed E-state index contributed by atoms with van der Waals surface area (Å²) < 4.78 is 0. The first-order chi connectivity index (χ1) is 12.0. The van der Waals surface area contributed by atoms with Crippen LogP contribution in [0.3, 0.4) is 0 Å². The molecule has 5 heteroatoms. The van der Waals surface area contributed by atoms with E-state index in [-0.39, 0.29) is 5.91 Å². The van der Waals surface area contributed by atoms with Crippen LogP contribution in [0.25, 0.3) is 9.88 Å². The number of thiophene rings is 1. The van der Waals surface area contributed by atoms with E-state index >= 15 is 0 Å². The topological polar surface area (TPSA) is 42.0 Å².